The van der Waals surface area contributed by atoms with Gasteiger partial charge in [0.1, 0.15) is 5.83 Å². The summed E-state index contributed by atoms with van der Waals surface area (Å²) in [5, 5.41) is 0. The molecular weight excluding hydrogens is 203 g/mol. The molecule has 0 unspecified atom stereocenters. The summed E-state index contributed by atoms with van der Waals surface area (Å²) in [6.45, 7) is 8.42. The minimum Gasteiger partial charge on any atom is -0.367 e. The van der Waals surface area contributed by atoms with E-state index in [9.17, 15) is 4.39 Å². The molecule has 0 spiro atoms. The fraction of sp³-hybridized carbons (Fsp3) is 0.692. The molecule has 0 amide bonds. The molecule has 90 valence electrons. The lowest BCUT2D eigenvalue weighted by atomic mass is 10.1. The van der Waals surface area contributed by atoms with Gasteiger partial charge in [0.25, 0.3) is 0 Å². The standard InChI is InChI=1S/C13H21FN2/c1-11(2)15-7-9-16(10-8-15)13-6-4-3-5-12(13)14/h5-6,11H,3-4,7-10H2,1-2H3. The van der Waals surface area contributed by atoms with E-state index in [-0.39, 0.29) is 5.83 Å². The second-order valence-corrected chi connectivity index (χ2v) is 4.84. The number of nitrogens with zero attached hydrogens (tertiary/aromatic N) is 2. The summed E-state index contributed by atoms with van der Waals surface area (Å²) in [7, 11) is 0. The number of hydrogen-bond donors (Lipinski definition) is 0. The molecular formula is C13H21FN2. The van der Waals surface area contributed by atoms with E-state index >= 15 is 0 Å². The number of rotatable bonds is 2. The molecule has 1 fully saturated rings. The second-order valence-electron chi connectivity index (χ2n) is 4.84. The van der Waals surface area contributed by atoms with Gasteiger partial charge in [-0.1, -0.05) is 6.08 Å². The van der Waals surface area contributed by atoms with Crippen LogP contribution in [0.4, 0.5) is 4.39 Å². The van der Waals surface area contributed by atoms with Gasteiger partial charge in [-0.2, -0.15) is 0 Å². The van der Waals surface area contributed by atoms with Crippen LogP contribution in [0.2, 0.25) is 0 Å². The number of piperazine rings is 1. The van der Waals surface area contributed by atoms with Crippen molar-refractivity contribution in [3.63, 3.8) is 0 Å². The van der Waals surface area contributed by atoms with Gasteiger partial charge in [-0.3, -0.25) is 4.90 Å². The molecule has 2 nitrogen and oxygen atoms in total. The Morgan fingerprint density at radius 2 is 1.69 bits per heavy atom. The van der Waals surface area contributed by atoms with Crippen molar-refractivity contribution in [3.8, 4) is 0 Å². The Balaban J connectivity index is 1.94. The molecule has 3 heteroatoms. The Labute approximate surface area is 97.4 Å². The van der Waals surface area contributed by atoms with Crippen LogP contribution in [0.25, 0.3) is 0 Å². The average molecular weight is 224 g/mol. The third kappa shape index (κ3) is 2.46. The molecule has 0 aromatic heterocycles. The van der Waals surface area contributed by atoms with E-state index in [1.54, 1.807) is 6.08 Å². The van der Waals surface area contributed by atoms with Crippen LogP contribution < -0.4 is 0 Å². The van der Waals surface area contributed by atoms with E-state index in [4.69, 9.17) is 0 Å². The average Bonchev–Trinajstić information content (AvgIpc) is 2.30. The fourth-order valence-corrected chi connectivity index (χ4v) is 2.39. The van der Waals surface area contributed by atoms with Crippen LogP contribution in [0.3, 0.4) is 0 Å². The fourth-order valence-electron chi connectivity index (χ4n) is 2.39. The number of halogens is 1. The van der Waals surface area contributed by atoms with E-state index in [0.717, 1.165) is 44.7 Å². The van der Waals surface area contributed by atoms with Crippen LogP contribution in [-0.2, 0) is 0 Å². The lowest BCUT2D eigenvalue weighted by molar-refractivity contribution is 0.129. The molecule has 16 heavy (non-hydrogen) atoms. The first kappa shape index (κ1) is 11.6. The van der Waals surface area contributed by atoms with Gasteiger partial charge in [0.2, 0.25) is 0 Å². The van der Waals surface area contributed by atoms with Crippen molar-refractivity contribution in [1.29, 1.82) is 0 Å². The quantitative estimate of drug-likeness (QED) is 0.711. The Morgan fingerprint density at radius 1 is 1.06 bits per heavy atom. The first-order valence-corrected chi connectivity index (χ1v) is 6.23. The molecule has 1 aliphatic heterocycles. The Morgan fingerprint density at radius 3 is 2.25 bits per heavy atom. The smallest absolute Gasteiger partial charge is 0.142 e. The minimum absolute atomic E-state index is 0.0238. The monoisotopic (exact) mass is 224 g/mol. The Bertz CT molecular complexity index is 299. The lowest BCUT2D eigenvalue weighted by Crippen LogP contribution is -2.48. The Hall–Kier alpha value is -0.830. The van der Waals surface area contributed by atoms with E-state index in [1.807, 2.05) is 6.08 Å². The topological polar surface area (TPSA) is 6.48 Å². The zero-order chi connectivity index (χ0) is 11.5. The van der Waals surface area contributed by atoms with Crippen LogP contribution >= 0.6 is 0 Å². The summed E-state index contributed by atoms with van der Waals surface area (Å²) in [6.07, 6.45) is 5.58. The molecule has 1 aliphatic carbocycles. The maximum absolute atomic E-state index is 13.6. The summed E-state index contributed by atoms with van der Waals surface area (Å²) in [5.41, 5.74) is 0.828. The molecule has 0 aromatic rings. The summed E-state index contributed by atoms with van der Waals surface area (Å²) in [6, 6.07) is 0.600. The van der Waals surface area contributed by atoms with Crippen molar-refractivity contribution < 1.29 is 4.39 Å². The zero-order valence-electron chi connectivity index (χ0n) is 10.2. The van der Waals surface area contributed by atoms with E-state index < -0.39 is 0 Å². The largest absolute Gasteiger partial charge is 0.367 e. The third-order valence-electron chi connectivity index (χ3n) is 3.46. The molecule has 2 rings (SSSR count). The normalized spacial score (nSPS) is 23.4. The van der Waals surface area contributed by atoms with Gasteiger partial charge in [0.15, 0.2) is 0 Å². The highest BCUT2D eigenvalue weighted by Crippen LogP contribution is 2.24. The van der Waals surface area contributed by atoms with Gasteiger partial charge in [0.05, 0.1) is 5.70 Å². The van der Waals surface area contributed by atoms with E-state index in [1.165, 1.54) is 0 Å². The highest BCUT2D eigenvalue weighted by Gasteiger charge is 2.22. The van der Waals surface area contributed by atoms with Crippen LogP contribution in [0.15, 0.2) is 23.7 Å². The molecule has 0 aromatic carbocycles. The first-order chi connectivity index (χ1) is 7.68. The van der Waals surface area contributed by atoms with Crippen molar-refractivity contribution >= 4 is 0 Å². The van der Waals surface area contributed by atoms with E-state index in [2.05, 4.69) is 23.6 Å². The maximum Gasteiger partial charge on any atom is 0.142 e. The molecule has 0 atom stereocenters. The summed E-state index contributed by atoms with van der Waals surface area (Å²) >= 11 is 0. The molecule has 0 N–H and O–H groups in total. The van der Waals surface area contributed by atoms with E-state index in [0.29, 0.717) is 6.04 Å². The van der Waals surface area contributed by atoms with Crippen LogP contribution in [0.1, 0.15) is 26.7 Å². The predicted octanol–water partition coefficient (Wildman–Crippen LogP) is 2.54. The van der Waals surface area contributed by atoms with Gasteiger partial charge in [-0.05, 0) is 32.8 Å². The molecule has 1 heterocycles. The summed E-state index contributed by atoms with van der Waals surface area (Å²) in [5.74, 6) is -0.0238. The molecule has 0 saturated carbocycles. The molecule has 1 saturated heterocycles. The highest BCUT2D eigenvalue weighted by molar-refractivity contribution is 5.27. The zero-order valence-corrected chi connectivity index (χ0v) is 10.2. The minimum atomic E-state index is -0.0238. The van der Waals surface area contributed by atoms with Gasteiger partial charge in [-0.15, -0.1) is 0 Å². The van der Waals surface area contributed by atoms with Crippen molar-refractivity contribution in [2.24, 2.45) is 0 Å². The van der Waals surface area contributed by atoms with Gasteiger partial charge >= 0.3 is 0 Å². The molecule has 2 aliphatic rings. The molecule has 0 radical (unpaired) electrons. The van der Waals surface area contributed by atoms with Crippen molar-refractivity contribution in [3.05, 3.63) is 23.7 Å². The number of hydrogen-bond acceptors (Lipinski definition) is 2. The maximum atomic E-state index is 13.6. The predicted molar refractivity (Wildman–Crippen MR) is 64.8 cm³/mol. The van der Waals surface area contributed by atoms with Crippen molar-refractivity contribution in [2.75, 3.05) is 26.2 Å². The second kappa shape index (κ2) is 5.00. The van der Waals surface area contributed by atoms with Crippen LogP contribution in [0, 0.1) is 0 Å². The SMILES string of the molecule is CC(C)N1CCN(C2=CCCC=C2F)CC1. The number of allylic oxidation sites excluding steroid dienone is 3. The summed E-state index contributed by atoms with van der Waals surface area (Å²) in [4.78, 5) is 4.63. The third-order valence-corrected chi connectivity index (χ3v) is 3.46. The van der Waals surface area contributed by atoms with Gasteiger partial charge in [-0.25, -0.2) is 4.39 Å². The highest BCUT2D eigenvalue weighted by atomic mass is 19.1. The van der Waals surface area contributed by atoms with Crippen LogP contribution in [0.5, 0.6) is 0 Å². The van der Waals surface area contributed by atoms with Crippen molar-refractivity contribution in [1.82, 2.24) is 9.80 Å². The first-order valence-electron chi connectivity index (χ1n) is 6.23. The molecule has 0 bridgehead atoms. The van der Waals surface area contributed by atoms with Gasteiger partial charge in [0, 0.05) is 32.2 Å². The van der Waals surface area contributed by atoms with Crippen molar-refractivity contribution in [2.45, 2.75) is 32.7 Å². The Kier molecular flexibility index (Phi) is 3.64. The lowest BCUT2D eigenvalue weighted by Gasteiger charge is -2.39. The van der Waals surface area contributed by atoms with Gasteiger partial charge < -0.3 is 4.90 Å². The van der Waals surface area contributed by atoms with Crippen LogP contribution in [-0.4, -0.2) is 42.0 Å². The summed E-state index contributed by atoms with van der Waals surface area (Å²) < 4.78 is 13.6.